The first kappa shape index (κ1) is 15.1. The summed E-state index contributed by atoms with van der Waals surface area (Å²) in [5.74, 6) is -0.0552. The fraction of sp³-hybridized carbons (Fsp3) is 0.200. The molecule has 0 bridgehead atoms. The fourth-order valence-corrected chi connectivity index (χ4v) is 2.47. The molecule has 2 nitrogen and oxygen atoms in total. The van der Waals surface area contributed by atoms with E-state index < -0.39 is 11.9 Å². The molecule has 0 saturated carbocycles. The highest BCUT2D eigenvalue weighted by Gasteiger charge is 2.20. The molecule has 1 N–H and O–H groups in total. The molecular weight excluding hydrogens is 302 g/mol. The van der Waals surface area contributed by atoms with Crippen LogP contribution in [0.5, 0.6) is 5.75 Å². The van der Waals surface area contributed by atoms with Crippen LogP contribution in [-0.4, -0.2) is 12.2 Å². The van der Waals surface area contributed by atoms with Crippen LogP contribution in [0, 0.1) is 12.7 Å². The summed E-state index contributed by atoms with van der Waals surface area (Å²) in [6.07, 6.45) is -1.19. The molecule has 2 aromatic carbocycles. The molecule has 1 atom stereocenters. The van der Waals surface area contributed by atoms with Gasteiger partial charge in [-0.1, -0.05) is 41.4 Å². The molecule has 0 aliphatic carbocycles. The molecule has 0 spiro atoms. The standard InChI is InChI=1S/C15H13Cl2FO2/c1-8-4-3-5-9(14(8)18)15(19)10-6-12(17)13(20-2)7-11(10)16/h3-7,15,19H,1-2H3. The highest BCUT2D eigenvalue weighted by atomic mass is 35.5. The summed E-state index contributed by atoms with van der Waals surface area (Å²) in [5, 5.41) is 10.9. The molecule has 0 radical (unpaired) electrons. The van der Waals surface area contributed by atoms with Crippen LogP contribution in [0.15, 0.2) is 30.3 Å². The largest absolute Gasteiger partial charge is 0.495 e. The number of aryl methyl sites for hydroxylation is 1. The zero-order valence-corrected chi connectivity index (χ0v) is 12.5. The molecule has 0 aliphatic rings. The number of benzene rings is 2. The van der Waals surface area contributed by atoms with Crippen LogP contribution in [0.4, 0.5) is 4.39 Å². The summed E-state index contributed by atoms with van der Waals surface area (Å²) in [5.41, 5.74) is 0.951. The lowest BCUT2D eigenvalue weighted by atomic mass is 9.99. The van der Waals surface area contributed by atoms with Crippen LogP contribution in [0.1, 0.15) is 22.8 Å². The minimum Gasteiger partial charge on any atom is -0.495 e. The van der Waals surface area contributed by atoms with Gasteiger partial charge in [0, 0.05) is 17.2 Å². The van der Waals surface area contributed by atoms with Gasteiger partial charge in [0.1, 0.15) is 17.7 Å². The van der Waals surface area contributed by atoms with Crippen LogP contribution < -0.4 is 4.74 Å². The Morgan fingerprint density at radius 2 is 1.85 bits per heavy atom. The molecule has 5 heteroatoms. The van der Waals surface area contributed by atoms with Crippen molar-refractivity contribution in [1.29, 1.82) is 0 Å². The second-order valence-electron chi connectivity index (χ2n) is 4.39. The number of methoxy groups -OCH3 is 1. The molecule has 0 saturated heterocycles. The Bertz CT molecular complexity index is 644. The molecule has 20 heavy (non-hydrogen) atoms. The van der Waals surface area contributed by atoms with Gasteiger partial charge in [-0.05, 0) is 18.6 Å². The summed E-state index contributed by atoms with van der Waals surface area (Å²) >= 11 is 12.1. The van der Waals surface area contributed by atoms with E-state index in [0.29, 0.717) is 21.9 Å². The average molecular weight is 315 g/mol. The maximum absolute atomic E-state index is 14.1. The lowest BCUT2D eigenvalue weighted by molar-refractivity contribution is 0.214. The SMILES string of the molecule is COc1cc(Cl)c(C(O)c2cccc(C)c2F)cc1Cl. The van der Waals surface area contributed by atoms with Crippen LogP contribution in [0.2, 0.25) is 10.0 Å². The van der Waals surface area contributed by atoms with E-state index in [4.69, 9.17) is 27.9 Å². The lowest BCUT2D eigenvalue weighted by Gasteiger charge is -2.16. The second-order valence-corrected chi connectivity index (χ2v) is 5.20. The minimum absolute atomic E-state index is 0.160. The Morgan fingerprint density at radius 1 is 1.15 bits per heavy atom. The number of ether oxygens (including phenoxy) is 1. The van der Waals surface area contributed by atoms with E-state index in [2.05, 4.69) is 0 Å². The summed E-state index contributed by atoms with van der Waals surface area (Å²) in [6, 6.07) is 7.80. The number of rotatable bonds is 3. The summed E-state index contributed by atoms with van der Waals surface area (Å²) < 4.78 is 19.1. The maximum Gasteiger partial charge on any atom is 0.138 e. The van der Waals surface area contributed by atoms with Crippen molar-refractivity contribution in [3.8, 4) is 5.75 Å². The summed E-state index contributed by atoms with van der Waals surface area (Å²) in [7, 11) is 1.47. The van der Waals surface area contributed by atoms with E-state index in [0.717, 1.165) is 0 Å². The van der Waals surface area contributed by atoms with Gasteiger partial charge in [0.2, 0.25) is 0 Å². The normalized spacial score (nSPS) is 12.3. The average Bonchev–Trinajstić information content (AvgIpc) is 2.43. The molecule has 2 rings (SSSR count). The van der Waals surface area contributed by atoms with Gasteiger partial charge >= 0.3 is 0 Å². The molecule has 1 unspecified atom stereocenters. The van der Waals surface area contributed by atoms with Crippen molar-refractivity contribution in [1.82, 2.24) is 0 Å². The van der Waals surface area contributed by atoms with Crippen molar-refractivity contribution in [3.63, 3.8) is 0 Å². The van der Waals surface area contributed by atoms with E-state index in [1.165, 1.54) is 25.3 Å². The van der Waals surface area contributed by atoms with Crippen molar-refractivity contribution >= 4 is 23.2 Å². The predicted octanol–water partition coefficient (Wildman–Crippen LogP) is 4.53. The van der Waals surface area contributed by atoms with Crippen molar-refractivity contribution in [2.75, 3.05) is 7.11 Å². The van der Waals surface area contributed by atoms with Crippen molar-refractivity contribution < 1.29 is 14.2 Å². The Hall–Kier alpha value is -1.29. The summed E-state index contributed by atoms with van der Waals surface area (Å²) in [6.45, 7) is 1.63. The monoisotopic (exact) mass is 314 g/mol. The fourth-order valence-electron chi connectivity index (χ4n) is 1.96. The first-order valence-corrected chi connectivity index (χ1v) is 6.67. The molecule has 2 aromatic rings. The quantitative estimate of drug-likeness (QED) is 0.901. The first-order valence-electron chi connectivity index (χ1n) is 5.91. The van der Waals surface area contributed by atoms with Gasteiger partial charge in [-0.25, -0.2) is 4.39 Å². The van der Waals surface area contributed by atoms with Crippen LogP contribution in [0.25, 0.3) is 0 Å². The van der Waals surface area contributed by atoms with E-state index in [9.17, 15) is 9.50 Å². The molecule has 0 heterocycles. The topological polar surface area (TPSA) is 29.5 Å². The van der Waals surface area contributed by atoms with Gasteiger partial charge in [0.15, 0.2) is 0 Å². The Morgan fingerprint density at radius 3 is 2.50 bits per heavy atom. The van der Waals surface area contributed by atoms with E-state index in [1.54, 1.807) is 19.1 Å². The zero-order chi connectivity index (χ0) is 14.9. The smallest absolute Gasteiger partial charge is 0.138 e. The van der Waals surface area contributed by atoms with Crippen molar-refractivity contribution in [3.05, 3.63) is 62.9 Å². The number of aliphatic hydroxyl groups is 1. The zero-order valence-electron chi connectivity index (χ0n) is 11.0. The van der Waals surface area contributed by atoms with Gasteiger partial charge < -0.3 is 9.84 Å². The number of aliphatic hydroxyl groups excluding tert-OH is 1. The van der Waals surface area contributed by atoms with Gasteiger partial charge in [-0.15, -0.1) is 0 Å². The number of halogens is 3. The molecule has 0 aromatic heterocycles. The second kappa shape index (κ2) is 6.00. The highest BCUT2D eigenvalue weighted by molar-refractivity contribution is 6.34. The number of hydrogen-bond acceptors (Lipinski definition) is 2. The molecule has 0 aliphatic heterocycles. The third-order valence-corrected chi connectivity index (χ3v) is 3.70. The molecule has 106 valence electrons. The van der Waals surface area contributed by atoms with Gasteiger partial charge in [-0.3, -0.25) is 0 Å². The molecule has 0 amide bonds. The maximum atomic E-state index is 14.1. The predicted molar refractivity (Wildman–Crippen MR) is 78.2 cm³/mol. The Kier molecular flexibility index (Phi) is 4.53. The number of hydrogen-bond donors (Lipinski definition) is 1. The molecular formula is C15H13Cl2FO2. The third-order valence-electron chi connectivity index (χ3n) is 3.08. The first-order chi connectivity index (χ1) is 9.45. The highest BCUT2D eigenvalue weighted by Crippen LogP contribution is 2.37. The lowest BCUT2D eigenvalue weighted by Crippen LogP contribution is -2.05. The van der Waals surface area contributed by atoms with E-state index in [-0.39, 0.29) is 10.6 Å². The molecule has 0 fully saturated rings. The van der Waals surface area contributed by atoms with Gasteiger partial charge in [0.25, 0.3) is 0 Å². The van der Waals surface area contributed by atoms with Crippen LogP contribution >= 0.6 is 23.2 Å². The minimum atomic E-state index is -1.19. The third kappa shape index (κ3) is 2.75. The van der Waals surface area contributed by atoms with Crippen LogP contribution in [-0.2, 0) is 0 Å². The van der Waals surface area contributed by atoms with Crippen molar-refractivity contribution in [2.45, 2.75) is 13.0 Å². The van der Waals surface area contributed by atoms with Gasteiger partial charge in [-0.2, -0.15) is 0 Å². The van der Waals surface area contributed by atoms with Crippen LogP contribution in [0.3, 0.4) is 0 Å². The van der Waals surface area contributed by atoms with Crippen molar-refractivity contribution in [2.24, 2.45) is 0 Å². The van der Waals surface area contributed by atoms with E-state index >= 15 is 0 Å². The van der Waals surface area contributed by atoms with Gasteiger partial charge in [0.05, 0.1) is 17.2 Å². The van der Waals surface area contributed by atoms with E-state index in [1.807, 2.05) is 0 Å². The summed E-state index contributed by atoms with van der Waals surface area (Å²) in [4.78, 5) is 0. The Labute approximate surface area is 126 Å². The Balaban J connectivity index is 2.51.